The Hall–Kier alpha value is -3.14. The van der Waals surface area contributed by atoms with Gasteiger partial charge in [-0.3, -0.25) is 19.3 Å². The summed E-state index contributed by atoms with van der Waals surface area (Å²) in [4.78, 5) is 59.1. The zero-order valence-electron chi connectivity index (χ0n) is 19.9. The number of nitrogens with zero attached hydrogens (tertiary/aromatic N) is 3. The Balaban J connectivity index is 1.74. The summed E-state index contributed by atoms with van der Waals surface area (Å²) in [6, 6.07) is 5.77. The topological polar surface area (TPSA) is 106 Å². The lowest BCUT2D eigenvalue weighted by molar-refractivity contribution is -0.115. The van der Waals surface area contributed by atoms with Crippen LogP contribution < -0.4 is 0 Å². The number of hydrogen-bond donors (Lipinski definition) is 0. The van der Waals surface area contributed by atoms with Gasteiger partial charge in [0, 0.05) is 19.6 Å². The van der Waals surface area contributed by atoms with E-state index in [4.69, 9.17) is 14.3 Å². The van der Waals surface area contributed by atoms with Crippen LogP contribution in [0, 0.1) is 0 Å². The van der Waals surface area contributed by atoms with Crippen LogP contribution in [0.25, 0.3) is 0 Å². The molecule has 33 heavy (non-hydrogen) atoms. The number of ether oxygens (including phenoxy) is 2. The monoisotopic (exact) mass is 461 g/mol. The van der Waals surface area contributed by atoms with Gasteiger partial charge in [0.1, 0.15) is 11.2 Å². The normalized spacial score (nSPS) is 19.0. The van der Waals surface area contributed by atoms with Crippen molar-refractivity contribution >= 4 is 24.0 Å². The van der Waals surface area contributed by atoms with Crippen molar-refractivity contribution in [1.82, 2.24) is 14.9 Å². The molecule has 0 bridgehead atoms. The Labute approximate surface area is 193 Å². The Kier molecular flexibility index (Phi) is 6.69. The average molecular weight is 462 g/mol. The summed E-state index contributed by atoms with van der Waals surface area (Å²) in [5.41, 5.74) is -0.880. The molecular weight excluding hydrogens is 430 g/mol. The predicted molar refractivity (Wildman–Crippen MR) is 117 cm³/mol. The van der Waals surface area contributed by atoms with Crippen LogP contribution in [0.5, 0.6) is 0 Å². The van der Waals surface area contributed by atoms with Gasteiger partial charge in [-0.2, -0.15) is 0 Å². The number of carbonyl (C=O) groups is 4. The number of carbonyl (C=O) groups excluding carboxylic acids is 4. The molecule has 0 aromatic heterocycles. The first kappa shape index (κ1) is 24.5. The van der Waals surface area contributed by atoms with Crippen LogP contribution in [0.4, 0.5) is 9.59 Å². The molecule has 1 unspecified atom stereocenters. The van der Waals surface area contributed by atoms with Crippen molar-refractivity contribution in [2.75, 3.05) is 26.2 Å². The van der Waals surface area contributed by atoms with Crippen LogP contribution in [0.1, 0.15) is 62.3 Å². The van der Waals surface area contributed by atoms with Gasteiger partial charge in [-0.05, 0) is 53.7 Å². The standard InChI is InChI=1S/C23H31N3O7/c1-22(2,3)32-20(29)24-11-12-25(21(30)33-23(4,5)6)15(13-24)14-31-26-18(27)16-9-7-8-10-17(16)19(26)28/h7-10,15H,11-14H2,1-6H3. The molecule has 1 aromatic carbocycles. The summed E-state index contributed by atoms with van der Waals surface area (Å²) in [5.74, 6) is -1.14. The molecule has 0 aliphatic carbocycles. The molecule has 0 N–H and O–H groups in total. The van der Waals surface area contributed by atoms with E-state index in [1.165, 1.54) is 9.80 Å². The molecule has 1 aromatic rings. The zero-order valence-corrected chi connectivity index (χ0v) is 19.9. The third kappa shape index (κ3) is 5.81. The maximum Gasteiger partial charge on any atom is 0.410 e. The lowest BCUT2D eigenvalue weighted by Crippen LogP contribution is -2.59. The predicted octanol–water partition coefficient (Wildman–Crippen LogP) is 3.07. The summed E-state index contributed by atoms with van der Waals surface area (Å²) in [7, 11) is 0. The molecule has 2 heterocycles. The van der Waals surface area contributed by atoms with Gasteiger partial charge in [0.2, 0.25) is 0 Å². The van der Waals surface area contributed by atoms with Gasteiger partial charge in [0.25, 0.3) is 11.8 Å². The summed E-state index contributed by atoms with van der Waals surface area (Å²) in [6.07, 6.45) is -1.08. The molecule has 2 aliphatic rings. The first-order valence-electron chi connectivity index (χ1n) is 10.8. The first-order chi connectivity index (χ1) is 15.3. The van der Waals surface area contributed by atoms with Gasteiger partial charge in [0.05, 0.1) is 23.8 Å². The number of fused-ring (bicyclic) bond motifs is 1. The fourth-order valence-electron chi connectivity index (χ4n) is 3.50. The third-order valence-corrected chi connectivity index (χ3v) is 4.92. The summed E-state index contributed by atoms with van der Waals surface area (Å²) in [5, 5.41) is 0.699. The smallest absolute Gasteiger partial charge is 0.410 e. The quantitative estimate of drug-likeness (QED) is 0.637. The van der Waals surface area contributed by atoms with Gasteiger partial charge < -0.3 is 14.4 Å². The minimum atomic E-state index is -0.715. The Bertz CT molecular complexity index is 913. The summed E-state index contributed by atoms with van der Waals surface area (Å²) in [6.45, 7) is 10.9. The zero-order chi connectivity index (χ0) is 24.6. The van der Waals surface area contributed by atoms with E-state index in [1.807, 2.05) is 0 Å². The Morgan fingerprint density at radius 3 is 1.91 bits per heavy atom. The minimum absolute atomic E-state index is 0.0946. The second-order valence-electron chi connectivity index (χ2n) is 10.00. The lowest BCUT2D eigenvalue weighted by Gasteiger charge is -2.41. The molecule has 180 valence electrons. The fraction of sp³-hybridized carbons (Fsp3) is 0.565. The largest absolute Gasteiger partial charge is 0.444 e. The summed E-state index contributed by atoms with van der Waals surface area (Å²) >= 11 is 0. The van der Waals surface area contributed by atoms with Crippen LogP contribution in [0.2, 0.25) is 0 Å². The molecular formula is C23H31N3O7. The van der Waals surface area contributed by atoms with Crippen molar-refractivity contribution in [3.63, 3.8) is 0 Å². The molecule has 3 rings (SSSR count). The molecule has 1 fully saturated rings. The number of hydroxylamine groups is 2. The van der Waals surface area contributed by atoms with E-state index in [0.29, 0.717) is 5.06 Å². The SMILES string of the molecule is CC(C)(C)OC(=O)N1CCN(C(=O)OC(C)(C)C)C(CON2C(=O)c3ccccc3C2=O)C1. The highest BCUT2D eigenvalue weighted by molar-refractivity contribution is 6.20. The number of amides is 4. The van der Waals surface area contributed by atoms with Crippen molar-refractivity contribution in [3.8, 4) is 0 Å². The molecule has 10 heteroatoms. The highest BCUT2D eigenvalue weighted by atomic mass is 16.7. The van der Waals surface area contributed by atoms with E-state index in [1.54, 1.807) is 65.8 Å². The number of hydrogen-bond acceptors (Lipinski definition) is 7. The van der Waals surface area contributed by atoms with E-state index in [9.17, 15) is 19.2 Å². The van der Waals surface area contributed by atoms with E-state index in [0.717, 1.165) is 0 Å². The molecule has 0 spiro atoms. The van der Waals surface area contributed by atoms with Crippen molar-refractivity contribution in [2.45, 2.75) is 58.8 Å². The van der Waals surface area contributed by atoms with E-state index in [2.05, 4.69) is 0 Å². The second kappa shape index (κ2) is 9.01. The van der Waals surface area contributed by atoms with E-state index < -0.39 is 41.2 Å². The van der Waals surface area contributed by atoms with Crippen LogP contribution in [-0.2, 0) is 14.3 Å². The highest BCUT2D eigenvalue weighted by Gasteiger charge is 2.40. The van der Waals surface area contributed by atoms with Crippen molar-refractivity contribution < 1.29 is 33.5 Å². The average Bonchev–Trinajstić information content (AvgIpc) is 2.94. The van der Waals surface area contributed by atoms with Crippen LogP contribution in [0.15, 0.2) is 24.3 Å². The van der Waals surface area contributed by atoms with Gasteiger partial charge in [-0.15, -0.1) is 5.06 Å². The van der Waals surface area contributed by atoms with Crippen molar-refractivity contribution in [3.05, 3.63) is 35.4 Å². The summed E-state index contributed by atoms with van der Waals surface area (Å²) < 4.78 is 10.9. The van der Waals surface area contributed by atoms with Crippen molar-refractivity contribution in [1.29, 1.82) is 0 Å². The molecule has 0 saturated carbocycles. The molecule has 2 aliphatic heterocycles. The van der Waals surface area contributed by atoms with E-state index in [-0.39, 0.29) is 37.4 Å². The molecule has 1 saturated heterocycles. The lowest BCUT2D eigenvalue weighted by atomic mass is 10.1. The molecule has 0 radical (unpaired) electrons. The maximum atomic E-state index is 12.8. The Morgan fingerprint density at radius 2 is 1.39 bits per heavy atom. The van der Waals surface area contributed by atoms with Gasteiger partial charge in [-0.25, -0.2) is 9.59 Å². The maximum absolute atomic E-state index is 12.8. The molecule has 1 atom stereocenters. The molecule has 10 nitrogen and oxygen atoms in total. The molecule has 4 amide bonds. The number of imide groups is 1. The fourth-order valence-corrected chi connectivity index (χ4v) is 3.50. The number of piperazine rings is 1. The number of rotatable bonds is 3. The first-order valence-corrected chi connectivity index (χ1v) is 10.8. The second-order valence-corrected chi connectivity index (χ2v) is 10.00. The highest BCUT2D eigenvalue weighted by Crippen LogP contribution is 2.24. The van der Waals surface area contributed by atoms with E-state index >= 15 is 0 Å². The van der Waals surface area contributed by atoms with Gasteiger partial charge in [-0.1, -0.05) is 12.1 Å². The van der Waals surface area contributed by atoms with Crippen molar-refractivity contribution in [2.24, 2.45) is 0 Å². The van der Waals surface area contributed by atoms with Gasteiger partial charge >= 0.3 is 12.2 Å². The van der Waals surface area contributed by atoms with Crippen LogP contribution >= 0.6 is 0 Å². The van der Waals surface area contributed by atoms with Crippen LogP contribution in [-0.4, -0.2) is 82.3 Å². The third-order valence-electron chi connectivity index (χ3n) is 4.92. The Morgan fingerprint density at radius 1 is 0.879 bits per heavy atom. The van der Waals surface area contributed by atoms with Crippen LogP contribution in [0.3, 0.4) is 0 Å². The minimum Gasteiger partial charge on any atom is -0.444 e. The number of benzene rings is 1. The van der Waals surface area contributed by atoms with Gasteiger partial charge in [0.15, 0.2) is 0 Å².